The fraction of sp³-hybridized carbons (Fsp3) is 0.200. The van der Waals surface area contributed by atoms with Crippen LogP contribution in [0.5, 0.6) is 5.75 Å². The van der Waals surface area contributed by atoms with Crippen molar-refractivity contribution in [2.24, 2.45) is 0 Å². The maximum Gasteiger partial charge on any atom is 0.358 e. The maximum absolute atomic E-state index is 12.7. The molecule has 0 aliphatic carbocycles. The van der Waals surface area contributed by atoms with Gasteiger partial charge in [0.15, 0.2) is 6.04 Å². The Labute approximate surface area is 171 Å². The summed E-state index contributed by atoms with van der Waals surface area (Å²) in [6.45, 7) is 2.36. The van der Waals surface area contributed by atoms with Gasteiger partial charge in [-0.2, -0.15) is 0 Å². The summed E-state index contributed by atoms with van der Waals surface area (Å²) in [5.41, 5.74) is 1.43. The number of hydrogen-bond acceptors (Lipinski definition) is 6. The number of guanidine groups is 1. The topological polar surface area (TPSA) is 106 Å². The number of anilines is 2. The quantitative estimate of drug-likeness (QED) is 0.504. The van der Waals surface area contributed by atoms with Gasteiger partial charge in [-0.25, -0.2) is 15.6 Å². The molecule has 0 unspecified atom stereocenters. The number of rotatable bonds is 5. The van der Waals surface area contributed by atoms with E-state index >= 15 is 0 Å². The number of amides is 2. The molecule has 3 aromatic rings. The summed E-state index contributed by atoms with van der Waals surface area (Å²) in [7, 11) is 0. The molecule has 9 heteroatoms. The van der Waals surface area contributed by atoms with Gasteiger partial charge in [0.2, 0.25) is 0 Å². The molecule has 0 fully saturated rings. The third-order valence-corrected chi connectivity index (χ3v) is 5.21. The van der Waals surface area contributed by atoms with Gasteiger partial charge in [-0.05, 0) is 31.2 Å². The molecule has 29 heavy (non-hydrogen) atoms. The molecule has 2 amide bonds. The lowest BCUT2D eigenvalue weighted by Crippen LogP contribution is -2.89. The number of ether oxygens (including phenoxy) is 1. The van der Waals surface area contributed by atoms with Crippen LogP contribution in [0, 0.1) is 0 Å². The van der Waals surface area contributed by atoms with Crippen molar-refractivity contribution in [2.45, 2.75) is 19.4 Å². The highest BCUT2D eigenvalue weighted by Crippen LogP contribution is 2.25. The molecule has 148 valence electrons. The highest BCUT2D eigenvalue weighted by molar-refractivity contribution is 7.22. The Bertz CT molecular complexity index is 1060. The maximum atomic E-state index is 12.7. The van der Waals surface area contributed by atoms with Crippen molar-refractivity contribution in [2.75, 3.05) is 17.2 Å². The van der Waals surface area contributed by atoms with E-state index in [9.17, 15) is 9.59 Å². The monoisotopic (exact) mass is 410 g/mol. The van der Waals surface area contributed by atoms with Crippen molar-refractivity contribution in [1.82, 2.24) is 10.3 Å². The number of benzene rings is 2. The van der Waals surface area contributed by atoms with E-state index in [0.29, 0.717) is 29.1 Å². The second-order valence-electron chi connectivity index (χ2n) is 6.35. The Morgan fingerprint density at radius 2 is 2.07 bits per heavy atom. The summed E-state index contributed by atoms with van der Waals surface area (Å²) in [6.07, 6.45) is 0.0215. The highest BCUT2D eigenvalue weighted by atomic mass is 32.1. The minimum atomic E-state index is -0.727. The molecule has 2 aromatic carbocycles. The Hall–Kier alpha value is -3.46. The largest absolute Gasteiger partial charge is 0.492 e. The van der Waals surface area contributed by atoms with Crippen LogP contribution < -0.4 is 25.7 Å². The van der Waals surface area contributed by atoms with Gasteiger partial charge in [0.25, 0.3) is 16.9 Å². The SMILES string of the molecule is CCOc1ccccc1NC(=O)[C@H]1CC(=O)NC(Nc2nc3ccccc3s2)=[NH+]1. The first kappa shape index (κ1) is 18.9. The summed E-state index contributed by atoms with van der Waals surface area (Å²) in [4.78, 5) is 32.4. The van der Waals surface area contributed by atoms with Gasteiger partial charge < -0.3 is 10.1 Å². The van der Waals surface area contributed by atoms with Crippen LogP contribution in [-0.4, -0.2) is 35.4 Å². The second-order valence-corrected chi connectivity index (χ2v) is 7.39. The summed E-state index contributed by atoms with van der Waals surface area (Å²) < 4.78 is 6.56. The summed E-state index contributed by atoms with van der Waals surface area (Å²) in [5, 5.41) is 9.22. The van der Waals surface area contributed by atoms with Gasteiger partial charge in [0.05, 0.1) is 28.9 Å². The number of carbonyl (C=O) groups excluding carboxylic acids is 2. The first-order valence-corrected chi connectivity index (χ1v) is 10.0. The third-order valence-electron chi connectivity index (χ3n) is 4.26. The molecule has 0 spiro atoms. The molecule has 2 heterocycles. The van der Waals surface area contributed by atoms with Crippen molar-refractivity contribution in [1.29, 1.82) is 0 Å². The van der Waals surface area contributed by atoms with E-state index in [1.807, 2.05) is 43.3 Å². The number of para-hydroxylation sites is 3. The molecule has 0 bridgehead atoms. The number of nitrogens with zero attached hydrogens (tertiary/aromatic N) is 1. The van der Waals surface area contributed by atoms with Gasteiger partial charge in [-0.1, -0.05) is 35.6 Å². The first-order chi connectivity index (χ1) is 14.1. The zero-order valence-corrected chi connectivity index (χ0v) is 16.5. The lowest BCUT2D eigenvalue weighted by molar-refractivity contribution is -0.490. The number of hydrogen-bond donors (Lipinski definition) is 4. The Morgan fingerprint density at radius 3 is 2.90 bits per heavy atom. The Kier molecular flexibility index (Phi) is 5.39. The van der Waals surface area contributed by atoms with Gasteiger partial charge in [-0.15, -0.1) is 0 Å². The number of fused-ring (bicyclic) bond motifs is 1. The summed E-state index contributed by atoms with van der Waals surface area (Å²) in [6, 6.07) is 14.2. The van der Waals surface area contributed by atoms with E-state index in [-0.39, 0.29) is 18.2 Å². The van der Waals surface area contributed by atoms with Gasteiger partial charge in [0.1, 0.15) is 5.75 Å². The van der Waals surface area contributed by atoms with Gasteiger partial charge in [0, 0.05) is 0 Å². The van der Waals surface area contributed by atoms with Gasteiger partial charge in [-0.3, -0.25) is 14.6 Å². The van der Waals surface area contributed by atoms with E-state index in [2.05, 4.69) is 25.9 Å². The molecule has 1 aliphatic rings. The predicted molar refractivity (Wildman–Crippen MR) is 112 cm³/mol. The van der Waals surface area contributed by atoms with E-state index in [0.717, 1.165) is 10.2 Å². The van der Waals surface area contributed by atoms with Crippen LogP contribution in [0.25, 0.3) is 10.2 Å². The van der Waals surface area contributed by atoms with E-state index in [1.54, 1.807) is 12.1 Å². The predicted octanol–water partition coefficient (Wildman–Crippen LogP) is 1.07. The zero-order chi connectivity index (χ0) is 20.2. The van der Waals surface area contributed by atoms with E-state index in [1.165, 1.54) is 11.3 Å². The Balaban J connectivity index is 1.51. The van der Waals surface area contributed by atoms with Crippen LogP contribution in [0.1, 0.15) is 13.3 Å². The molecule has 0 radical (unpaired) electrons. The lowest BCUT2D eigenvalue weighted by atomic mass is 10.1. The number of carbonyl (C=O) groups is 2. The molecule has 4 rings (SSSR count). The zero-order valence-electron chi connectivity index (χ0n) is 15.7. The number of aromatic nitrogens is 1. The third kappa shape index (κ3) is 4.35. The van der Waals surface area contributed by atoms with Crippen LogP contribution in [0.3, 0.4) is 0 Å². The molecular weight excluding hydrogens is 390 g/mol. The van der Waals surface area contributed by atoms with Crippen LogP contribution in [0.4, 0.5) is 10.8 Å². The minimum Gasteiger partial charge on any atom is -0.492 e. The van der Waals surface area contributed by atoms with Gasteiger partial charge >= 0.3 is 5.96 Å². The number of thiazole rings is 1. The van der Waals surface area contributed by atoms with Crippen molar-refractivity contribution in [3.63, 3.8) is 0 Å². The van der Waals surface area contributed by atoms with Crippen LogP contribution in [0.15, 0.2) is 48.5 Å². The van der Waals surface area contributed by atoms with E-state index in [4.69, 9.17) is 4.74 Å². The lowest BCUT2D eigenvalue weighted by Gasteiger charge is -2.17. The molecule has 0 saturated heterocycles. The normalized spacial score (nSPS) is 16.1. The van der Waals surface area contributed by atoms with Crippen molar-refractivity contribution in [3.05, 3.63) is 48.5 Å². The second kappa shape index (κ2) is 8.27. The number of nitrogens with one attached hydrogen (secondary N) is 4. The standard InChI is InChI=1S/C20H19N5O3S/c1-2-28-15-9-5-3-7-12(15)21-18(27)14-11-17(26)24-19(22-14)25-20-23-13-8-4-6-10-16(13)29-20/h3-10,14H,2,11H2,1H3,(H,21,27)(H2,22,23,24,25,26)/p+1/t14-/m1/s1. The average molecular weight is 410 g/mol. The molecule has 1 atom stereocenters. The molecule has 0 saturated carbocycles. The Morgan fingerprint density at radius 1 is 1.28 bits per heavy atom. The van der Waals surface area contributed by atoms with Crippen LogP contribution in [0.2, 0.25) is 0 Å². The smallest absolute Gasteiger partial charge is 0.358 e. The minimum absolute atomic E-state index is 0.0215. The fourth-order valence-electron chi connectivity index (χ4n) is 2.97. The molecular formula is C20H20N5O3S+. The van der Waals surface area contributed by atoms with Crippen LogP contribution in [-0.2, 0) is 9.59 Å². The molecule has 1 aliphatic heterocycles. The fourth-order valence-corrected chi connectivity index (χ4v) is 3.84. The average Bonchev–Trinajstić information content (AvgIpc) is 3.11. The first-order valence-electron chi connectivity index (χ1n) is 9.21. The van der Waals surface area contributed by atoms with Crippen molar-refractivity contribution in [3.8, 4) is 5.75 Å². The van der Waals surface area contributed by atoms with Crippen molar-refractivity contribution >= 4 is 50.1 Å². The molecule has 4 N–H and O–H groups in total. The molecule has 8 nitrogen and oxygen atoms in total. The van der Waals surface area contributed by atoms with Crippen LogP contribution >= 0.6 is 11.3 Å². The molecule has 1 aromatic heterocycles. The van der Waals surface area contributed by atoms with E-state index < -0.39 is 6.04 Å². The summed E-state index contributed by atoms with van der Waals surface area (Å²) in [5.74, 6) is 0.333. The van der Waals surface area contributed by atoms with Crippen molar-refractivity contribution < 1.29 is 19.3 Å². The summed E-state index contributed by atoms with van der Waals surface area (Å²) >= 11 is 1.46. The highest BCUT2D eigenvalue weighted by Gasteiger charge is 2.32.